The van der Waals surface area contributed by atoms with E-state index in [1.165, 1.54) is 0 Å². The maximum Gasteiger partial charge on any atom is 0.410 e. The minimum atomic E-state index is -0.456. The number of carbonyl (C=O) groups excluding carboxylic acids is 1. The van der Waals surface area contributed by atoms with E-state index in [9.17, 15) is 4.79 Å². The van der Waals surface area contributed by atoms with E-state index < -0.39 is 5.60 Å². The number of rotatable bonds is 3. The number of anilines is 1. The monoisotopic (exact) mass is 396 g/mol. The van der Waals surface area contributed by atoms with E-state index in [1.54, 1.807) is 7.11 Å². The Morgan fingerprint density at radius 1 is 0.966 bits per heavy atom. The van der Waals surface area contributed by atoms with Crippen LogP contribution in [0.5, 0.6) is 5.75 Å². The van der Waals surface area contributed by atoms with Crippen molar-refractivity contribution in [3.8, 4) is 17.0 Å². The van der Waals surface area contributed by atoms with Crippen LogP contribution >= 0.6 is 0 Å². The minimum absolute atomic E-state index is 0.206. The molecule has 0 radical (unpaired) electrons. The van der Waals surface area contributed by atoms with Gasteiger partial charge in [0.25, 0.3) is 0 Å². The summed E-state index contributed by atoms with van der Waals surface area (Å²) in [5.41, 5.74) is 1.39. The van der Waals surface area contributed by atoms with Crippen molar-refractivity contribution in [3.63, 3.8) is 0 Å². The van der Waals surface area contributed by atoms with Crippen LogP contribution in [0.2, 0.25) is 0 Å². The van der Waals surface area contributed by atoms with E-state index in [-0.39, 0.29) is 6.09 Å². The van der Waals surface area contributed by atoms with Gasteiger partial charge in [-0.2, -0.15) is 0 Å². The summed E-state index contributed by atoms with van der Waals surface area (Å²) in [7, 11) is 1.65. The van der Waals surface area contributed by atoms with Crippen molar-refractivity contribution >= 4 is 11.9 Å². The van der Waals surface area contributed by atoms with E-state index in [0.717, 1.165) is 49.0 Å². The van der Waals surface area contributed by atoms with Crippen molar-refractivity contribution in [1.29, 1.82) is 0 Å². The topological polar surface area (TPSA) is 67.8 Å². The molecule has 29 heavy (non-hydrogen) atoms. The average molecular weight is 396 g/mol. The molecule has 2 fully saturated rings. The molecule has 7 heteroatoms. The van der Waals surface area contributed by atoms with Gasteiger partial charge < -0.3 is 19.3 Å². The van der Waals surface area contributed by atoms with Crippen LogP contribution in [-0.4, -0.2) is 60.1 Å². The second-order valence-electron chi connectivity index (χ2n) is 8.82. The molecule has 0 saturated carbocycles. The summed E-state index contributed by atoms with van der Waals surface area (Å²) in [5.74, 6) is 2.61. The molecule has 2 aliphatic heterocycles. The molecule has 4 rings (SSSR count). The number of carbonyl (C=O) groups is 1. The van der Waals surface area contributed by atoms with Crippen LogP contribution in [0.3, 0.4) is 0 Å². The van der Waals surface area contributed by atoms with Crippen LogP contribution in [-0.2, 0) is 4.74 Å². The number of aromatic nitrogens is 2. The average Bonchev–Trinajstić information content (AvgIpc) is 3.26. The molecule has 7 nitrogen and oxygen atoms in total. The smallest absolute Gasteiger partial charge is 0.410 e. The zero-order valence-electron chi connectivity index (χ0n) is 17.5. The SMILES string of the molecule is COc1ccc(-c2ccc(N3C[C@H]4CN(C(=O)OC(C)(C)C)C[C@H]4C3)nn2)cc1. The first kappa shape index (κ1) is 19.5. The number of amides is 1. The van der Waals surface area contributed by atoms with Gasteiger partial charge in [0, 0.05) is 43.6 Å². The second kappa shape index (κ2) is 7.54. The molecule has 0 unspecified atom stereocenters. The molecule has 2 aromatic rings. The lowest BCUT2D eigenvalue weighted by atomic mass is 10.0. The highest BCUT2D eigenvalue weighted by Gasteiger charge is 2.43. The van der Waals surface area contributed by atoms with Crippen molar-refractivity contribution in [2.45, 2.75) is 26.4 Å². The van der Waals surface area contributed by atoms with Gasteiger partial charge in [0.2, 0.25) is 0 Å². The molecule has 0 spiro atoms. The van der Waals surface area contributed by atoms with Crippen LogP contribution in [0.4, 0.5) is 10.6 Å². The van der Waals surface area contributed by atoms with Crippen molar-refractivity contribution in [1.82, 2.24) is 15.1 Å². The lowest BCUT2D eigenvalue weighted by molar-refractivity contribution is 0.0282. The van der Waals surface area contributed by atoms with Crippen LogP contribution in [0, 0.1) is 11.8 Å². The van der Waals surface area contributed by atoms with Gasteiger partial charge in [0.1, 0.15) is 11.4 Å². The quantitative estimate of drug-likeness (QED) is 0.792. The number of ether oxygens (including phenoxy) is 2. The Balaban J connectivity index is 1.36. The fraction of sp³-hybridized carbons (Fsp3) is 0.500. The predicted octanol–water partition coefficient (Wildman–Crippen LogP) is 3.46. The zero-order chi connectivity index (χ0) is 20.6. The fourth-order valence-corrected chi connectivity index (χ4v) is 4.07. The number of likely N-dealkylation sites (tertiary alicyclic amines) is 1. The molecular formula is C22H28N4O3. The maximum atomic E-state index is 12.3. The summed E-state index contributed by atoms with van der Waals surface area (Å²) >= 11 is 0. The van der Waals surface area contributed by atoms with E-state index in [0.29, 0.717) is 11.8 Å². The van der Waals surface area contributed by atoms with Crippen molar-refractivity contribution < 1.29 is 14.3 Å². The molecule has 2 atom stereocenters. The van der Waals surface area contributed by atoms with Crippen molar-refractivity contribution in [2.75, 3.05) is 38.2 Å². The molecule has 1 amide bonds. The minimum Gasteiger partial charge on any atom is -0.497 e. The van der Waals surface area contributed by atoms with Gasteiger partial charge in [-0.1, -0.05) is 0 Å². The van der Waals surface area contributed by atoms with Gasteiger partial charge in [0.15, 0.2) is 5.82 Å². The first-order valence-corrected chi connectivity index (χ1v) is 10.0. The number of benzene rings is 1. The Kier molecular flexibility index (Phi) is 5.06. The van der Waals surface area contributed by atoms with Crippen LogP contribution in [0.1, 0.15) is 20.8 Å². The lowest BCUT2D eigenvalue weighted by Gasteiger charge is -2.26. The van der Waals surface area contributed by atoms with Crippen LogP contribution in [0.25, 0.3) is 11.3 Å². The third-order valence-electron chi connectivity index (χ3n) is 5.50. The molecule has 1 aromatic carbocycles. The molecule has 2 aliphatic rings. The summed E-state index contributed by atoms with van der Waals surface area (Å²) in [4.78, 5) is 16.4. The molecule has 154 valence electrons. The predicted molar refractivity (Wildman–Crippen MR) is 111 cm³/mol. The Labute approximate surface area is 171 Å². The highest BCUT2D eigenvalue weighted by atomic mass is 16.6. The molecule has 0 aliphatic carbocycles. The first-order chi connectivity index (χ1) is 13.8. The van der Waals surface area contributed by atoms with Crippen molar-refractivity contribution in [3.05, 3.63) is 36.4 Å². The van der Waals surface area contributed by atoms with Gasteiger partial charge in [-0.3, -0.25) is 0 Å². The number of hydrogen-bond acceptors (Lipinski definition) is 6. The molecule has 1 aromatic heterocycles. The van der Waals surface area contributed by atoms with Crippen LogP contribution < -0.4 is 9.64 Å². The third kappa shape index (κ3) is 4.28. The number of methoxy groups -OCH3 is 1. The molecule has 3 heterocycles. The Bertz CT molecular complexity index is 847. The standard InChI is InChI=1S/C22H28N4O3/c1-22(2,3)29-21(27)26-13-16-11-25(12-17(16)14-26)20-10-9-19(23-24-20)15-5-7-18(28-4)8-6-15/h5-10,16-17H,11-14H2,1-4H3/t16-,17+. The van der Waals surface area contributed by atoms with Gasteiger partial charge >= 0.3 is 6.09 Å². The van der Waals surface area contributed by atoms with E-state index in [4.69, 9.17) is 9.47 Å². The summed E-state index contributed by atoms with van der Waals surface area (Å²) in [6.45, 7) is 8.97. The largest absolute Gasteiger partial charge is 0.497 e. The van der Waals surface area contributed by atoms with Crippen LogP contribution in [0.15, 0.2) is 36.4 Å². The first-order valence-electron chi connectivity index (χ1n) is 10.0. The van der Waals surface area contributed by atoms with E-state index in [1.807, 2.05) is 62.1 Å². The zero-order valence-corrected chi connectivity index (χ0v) is 17.5. The maximum absolute atomic E-state index is 12.3. The number of nitrogens with zero attached hydrogens (tertiary/aromatic N) is 4. The lowest BCUT2D eigenvalue weighted by Crippen LogP contribution is -2.37. The summed E-state index contributed by atoms with van der Waals surface area (Å²) in [6.07, 6.45) is -0.206. The Hall–Kier alpha value is -2.83. The molecular weight excluding hydrogens is 368 g/mol. The fourth-order valence-electron chi connectivity index (χ4n) is 4.07. The van der Waals surface area contributed by atoms with Gasteiger partial charge in [0.05, 0.1) is 12.8 Å². The highest BCUT2D eigenvalue weighted by molar-refractivity contribution is 5.68. The molecule has 0 N–H and O–H groups in total. The third-order valence-corrected chi connectivity index (χ3v) is 5.50. The van der Waals surface area contributed by atoms with E-state index in [2.05, 4.69) is 15.1 Å². The molecule has 2 saturated heterocycles. The van der Waals surface area contributed by atoms with Gasteiger partial charge in [-0.25, -0.2) is 4.79 Å². The van der Waals surface area contributed by atoms with Gasteiger partial charge in [-0.15, -0.1) is 10.2 Å². The summed E-state index contributed by atoms with van der Waals surface area (Å²) in [6, 6.07) is 11.8. The number of hydrogen-bond donors (Lipinski definition) is 0. The number of fused-ring (bicyclic) bond motifs is 1. The Morgan fingerprint density at radius 2 is 1.62 bits per heavy atom. The second-order valence-corrected chi connectivity index (χ2v) is 8.82. The summed E-state index contributed by atoms with van der Waals surface area (Å²) < 4.78 is 10.7. The normalized spacial score (nSPS) is 21.2. The van der Waals surface area contributed by atoms with Crippen molar-refractivity contribution in [2.24, 2.45) is 11.8 Å². The highest BCUT2D eigenvalue weighted by Crippen LogP contribution is 2.34. The van der Waals surface area contributed by atoms with Gasteiger partial charge in [-0.05, 0) is 57.2 Å². The van der Waals surface area contributed by atoms with E-state index >= 15 is 0 Å². The Morgan fingerprint density at radius 3 is 2.14 bits per heavy atom. The molecule has 0 bridgehead atoms. The summed E-state index contributed by atoms with van der Waals surface area (Å²) in [5, 5.41) is 8.86.